The first-order valence-electron chi connectivity index (χ1n) is 7.77. The van der Waals surface area contributed by atoms with Crippen LogP contribution in [0.2, 0.25) is 0 Å². The third kappa shape index (κ3) is 3.24. The molecular weight excluding hydrogens is 330 g/mol. The summed E-state index contributed by atoms with van der Waals surface area (Å²) in [4.78, 5) is 15.2. The second-order valence-electron chi connectivity index (χ2n) is 6.41. The topological polar surface area (TPSA) is 38.1 Å². The smallest absolute Gasteiger partial charge is 0.159 e. The number of nitrogens with zero attached hydrogens (tertiary/aromatic N) is 3. The maximum absolute atomic E-state index is 13.1. The van der Waals surface area contributed by atoms with E-state index in [0.29, 0.717) is 12.2 Å². The lowest BCUT2D eigenvalue weighted by molar-refractivity contribution is -0.130. The molecule has 0 aliphatic heterocycles. The fourth-order valence-corrected chi connectivity index (χ4v) is 3.95. The van der Waals surface area contributed by atoms with Crippen molar-refractivity contribution in [2.24, 2.45) is 7.05 Å². The number of carbonyl (C=O) groups excluding carboxylic acids is 1. The summed E-state index contributed by atoms with van der Waals surface area (Å²) in [5, 5.41) is 4.40. The molecule has 0 amide bonds. The van der Waals surface area contributed by atoms with Crippen LogP contribution >= 0.6 is 15.9 Å². The highest BCUT2D eigenvalue weighted by molar-refractivity contribution is 9.10. The van der Waals surface area contributed by atoms with Crippen molar-refractivity contribution in [2.75, 3.05) is 14.1 Å². The molecule has 0 radical (unpaired) electrons. The van der Waals surface area contributed by atoms with Gasteiger partial charge < -0.3 is 0 Å². The molecule has 118 valence electrons. The third-order valence-corrected chi connectivity index (χ3v) is 5.93. The van der Waals surface area contributed by atoms with E-state index >= 15 is 0 Å². The number of likely N-dealkylation sites (N-methyl/N-ethyl adjacent to an activating group) is 1. The van der Waals surface area contributed by atoms with E-state index in [2.05, 4.69) is 25.9 Å². The predicted octanol–water partition coefficient (Wildman–Crippen LogP) is 3.26. The van der Waals surface area contributed by atoms with E-state index in [1.165, 1.54) is 12.8 Å². The van der Waals surface area contributed by atoms with Gasteiger partial charge in [0.15, 0.2) is 5.78 Å². The van der Waals surface area contributed by atoms with Gasteiger partial charge in [-0.15, -0.1) is 0 Å². The molecule has 1 aromatic rings. The number of halogens is 1. The van der Waals surface area contributed by atoms with Gasteiger partial charge in [-0.3, -0.25) is 14.4 Å². The molecule has 5 heteroatoms. The average Bonchev–Trinajstić information content (AvgIpc) is 2.66. The maximum atomic E-state index is 13.1. The van der Waals surface area contributed by atoms with Gasteiger partial charge in [0.2, 0.25) is 0 Å². The molecule has 1 aliphatic carbocycles. The molecule has 4 nitrogen and oxygen atoms in total. The van der Waals surface area contributed by atoms with Crippen molar-refractivity contribution in [2.45, 2.75) is 57.4 Å². The number of aryl methyl sites for hydroxylation is 2. The van der Waals surface area contributed by atoms with Crippen molar-refractivity contribution in [3.05, 3.63) is 15.9 Å². The standard InChI is InChI=1S/C16H26BrN3O/c1-12-15(17)13(20(4)18-12)11-14(21)16(19(2)3)9-7-5-6-8-10-16/h5-11H2,1-4H3. The monoisotopic (exact) mass is 355 g/mol. The first kappa shape index (κ1) is 16.7. The molecule has 0 atom stereocenters. The molecule has 1 heterocycles. The van der Waals surface area contributed by atoms with E-state index in [4.69, 9.17) is 0 Å². The Morgan fingerprint density at radius 3 is 2.29 bits per heavy atom. The van der Waals surface area contributed by atoms with Crippen LogP contribution in [0.15, 0.2) is 4.47 Å². The molecule has 0 unspecified atom stereocenters. The molecule has 0 saturated heterocycles. The van der Waals surface area contributed by atoms with Gasteiger partial charge in [0.1, 0.15) is 0 Å². The molecule has 2 rings (SSSR count). The Kier molecular flexibility index (Phi) is 5.25. The highest BCUT2D eigenvalue weighted by Gasteiger charge is 2.40. The molecule has 0 bridgehead atoms. The summed E-state index contributed by atoms with van der Waals surface area (Å²) in [7, 11) is 6.01. The first-order valence-corrected chi connectivity index (χ1v) is 8.56. The van der Waals surface area contributed by atoms with E-state index in [-0.39, 0.29) is 5.54 Å². The fraction of sp³-hybridized carbons (Fsp3) is 0.750. The van der Waals surface area contributed by atoms with Crippen LogP contribution in [0.4, 0.5) is 0 Å². The van der Waals surface area contributed by atoms with Gasteiger partial charge in [-0.1, -0.05) is 25.7 Å². The van der Waals surface area contributed by atoms with Crippen LogP contribution < -0.4 is 0 Å². The summed E-state index contributed by atoms with van der Waals surface area (Å²) in [6.45, 7) is 1.96. The quantitative estimate of drug-likeness (QED) is 0.778. The van der Waals surface area contributed by atoms with Crippen LogP contribution in [-0.4, -0.2) is 40.1 Å². The van der Waals surface area contributed by atoms with Crippen molar-refractivity contribution in [3.63, 3.8) is 0 Å². The van der Waals surface area contributed by atoms with Crippen LogP contribution in [0.5, 0.6) is 0 Å². The Morgan fingerprint density at radius 2 is 1.86 bits per heavy atom. The Balaban J connectivity index is 2.27. The molecule has 21 heavy (non-hydrogen) atoms. The lowest BCUT2D eigenvalue weighted by Crippen LogP contribution is -2.51. The van der Waals surface area contributed by atoms with Gasteiger partial charge >= 0.3 is 0 Å². The minimum absolute atomic E-state index is 0.298. The normalized spacial score (nSPS) is 18.8. The number of rotatable bonds is 4. The van der Waals surface area contributed by atoms with E-state index in [9.17, 15) is 4.79 Å². The number of carbonyl (C=O) groups is 1. The Hall–Kier alpha value is -0.680. The van der Waals surface area contributed by atoms with Crippen molar-refractivity contribution in [1.29, 1.82) is 0 Å². The second kappa shape index (κ2) is 6.61. The number of Topliss-reactive ketones (excluding diaryl/α,β-unsaturated/α-hetero) is 1. The number of ketones is 1. The lowest BCUT2D eigenvalue weighted by Gasteiger charge is -2.38. The summed E-state index contributed by atoms with van der Waals surface area (Å²) >= 11 is 3.57. The molecule has 1 fully saturated rings. The highest BCUT2D eigenvalue weighted by Crippen LogP contribution is 2.34. The number of hydrogen-bond acceptors (Lipinski definition) is 3. The Labute approximate surface area is 136 Å². The van der Waals surface area contributed by atoms with Crippen molar-refractivity contribution in [3.8, 4) is 0 Å². The van der Waals surface area contributed by atoms with Gasteiger partial charge in [0.05, 0.1) is 27.8 Å². The summed E-state index contributed by atoms with van der Waals surface area (Å²) in [6.07, 6.45) is 7.20. The van der Waals surface area contributed by atoms with Crippen LogP contribution in [0.1, 0.15) is 49.9 Å². The Bertz CT molecular complexity index is 514. The zero-order valence-corrected chi connectivity index (χ0v) is 15.2. The molecule has 1 saturated carbocycles. The molecule has 0 N–H and O–H groups in total. The molecule has 0 aromatic carbocycles. The van der Waals surface area contributed by atoms with E-state index < -0.39 is 0 Å². The van der Waals surface area contributed by atoms with Crippen molar-refractivity contribution in [1.82, 2.24) is 14.7 Å². The van der Waals surface area contributed by atoms with Crippen LogP contribution in [0.3, 0.4) is 0 Å². The Morgan fingerprint density at radius 1 is 1.29 bits per heavy atom. The number of aromatic nitrogens is 2. The van der Waals surface area contributed by atoms with E-state index in [0.717, 1.165) is 41.5 Å². The van der Waals surface area contributed by atoms with Gasteiger partial charge in [0.25, 0.3) is 0 Å². The van der Waals surface area contributed by atoms with E-state index in [1.54, 1.807) is 0 Å². The van der Waals surface area contributed by atoms with Gasteiger partial charge in [0, 0.05) is 7.05 Å². The SMILES string of the molecule is Cc1nn(C)c(CC(=O)C2(N(C)C)CCCCCC2)c1Br. The zero-order chi connectivity index (χ0) is 15.6. The molecule has 1 aromatic heterocycles. The van der Waals surface area contributed by atoms with Crippen molar-refractivity contribution < 1.29 is 4.79 Å². The van der Waals surface area contributed by atoms with Crippen molar-refractivity contribution >= 4 is 21.7 Å². The largest absolute Gasteiger partial charge is 0.297 e. The maximum Gasteiger partial charge on any atom is 0.159 e. The van der Waals surface area contributed by atoms with Crippen LogP contribution in [0.25, 0.3) is 0 Å². The summed E-state index contributed by atoms with van der Waals surface area (Å²) in [6, 6.07) is 0. The van der Waals surface area contributed by atoms with Gasteiger partial charge in [-0.25, -0.2) is 0 Å². The molecular formula is C16H26BrN3O. The van der Waals surface area contributed by atoms with Gasteiger partial charge in [-0.2, -0.15) is 5.10 Å². The van der Waals surface area contributed by atoms with Crippen LogP contribution in [0, 0.1) is 6.92 Å². The second-order valence-corrected chi connectivity index (χ2v) is 7.20. The summed E-state index contributed by atoms with van der Waals surface area (Å²) in [5.74, 6) is 0.332. The first-order chi connectivity index (χ1) is 9.88. The van der Waals surface area contributed by atoms with Gasteiger partial charge in [-0.05, 0) is 49.8 Å². The molecule has 0 spiro atoms. The number of hydrogen-bond donors (Lipinski definition) is 0. The predicted molar refractivity (Wildman–Crippen MR) is 88.5 cm³/mol. The highest BCUT2D eigenvalue weighted by atomic mass is 79.9. The fourth-order valence-electron chi connectivity index (χ4n) is 3.48. The van der Waals surface area contributed by atoms with E-state index in [1.807, 2.05) is 32.7 Å². The summed E-state index contributed by atoms with van der Waals surface area (Å²) in [5.41, 5.74) is 1.64. The third-order valence-electron chi connectivity index (χ3n) is 4.90. The average molecular weight is 356 g/mol. The zero-order valence-electron chi connectivity index (χ0n) is 13.6. The summed E-state index contributed by atoms with van der Waals surface area (Å²) < 4.78 is 2.80. The minimum Gasteiger partial charge on any atom is -0.297 e. The molecule has 1 aliphatic rings. The lowest BCUT2D eigenvalue weighted by atomic mass is 9.82. The van der Waals surface area contributed by atoms with Crippen LogP contribution in [-0.2, 0) is 18.3 Å². The minimum atomic E-state index is -0.298.